The monoisotopic (exact) mass is 270 g/mol. The van der Waals surface area contributed by atoms with Gasteiger partial charge in [0, 0.05) is 18.7 Å². The minimum Gasteiger partial charge on any atom is -0.286 e. The Kier molecular flexibility index (Phi) is 2.88. The molecule has 0 aliphatic heterocycles. The van der Waals surface area contributed by atoms with Gasteiger partial charge in [-0.05, 0) is 23.8 Å². The second-order valence-corrected chi connectivity index (χ2v) is 4.30. The van der Waals surface area contributed by atoms with Crippen LogP contribution < -0.4 is 0 Å². The van der Waals surface area contributed by atoms with Crippen molar-refractivity contribution in [1.82, 2.24) is 14.6 Å². The third-order valence-corrected chi connectivity index (χ3v) is 2.96. The topological polar surface area (TPSA) is 54.0 Å². The summed E-state index contributed by atoms with van der Waals surface area (Å²) in [5.74, 6) is -1.17. The minimum atomic E-state index is -0.886. The SMILES string of the molecule is N#Cc1ccn2c(Cc3ccc(F)c(F)c3)nnc2c1. The normalized spacial score (nSPS) is 10.7. The molecule has 98 valence electrons. The fourth-order valence-electron chi connectivity index (χ4n) is 1.96. The lowest BCUT2D eigenvalue weighted by atomic mass is 10.1. The average Bonchev–Trinajstić information content (AvgIpc) is 2.85. The van der Waals surface area contributed by atoms with Crippen molar-refractivity contribution >= 4 is 5.65 Å². The molecule has 3 aromatic rings. The Balaban J connectivity index is 1.98. The molecule has 3 rings (SSSR count). The van der Waals surface area contributed by atoms with Crippen LogP contribution in [0.2, 0.25) is 0 Å². The zero-order valence-corrected chi connectivity index (χ0v) is 10.2. The van der Waals surface area contributed by atoms with E-state index in [1.165, 1.54) is 6.07 Å². The third kappa shape index (κ3) is 2.10. The highest BCUT2D eigenvalue weighted by Crippen LogP contribution is 2.14. The van der Waals surface area contributed by atoms with Gasteiger partial charge in [-0.3, -0.25) is 4.40 Å². The lowest BCUT2D eigenvalue weighted by Gasteiger charge is -2.01. The molecule has 0 aliphatic carbocycles. The van der Waals surface area contributed by atoms with Gasteiger partial charge in [-0.2, -0.15) is 5.26 Å². The van der Waals surface area contributed by atoms with E-state index in [9.17, 15) is 8.78 Å². The molecule has 0 saturated carbocycles. The first kappa shape index (κ1) is 12.2. The van der Waals surface area contributed by atoms with Crippen LogP contribution in [-0.2, 0) is 6.42 Å². The zero-order chi connectivity index (χ0) is 14.1. The highest BCUT2D eigenvalue weighted by Gasteiger charge is 2.09. The van der Waals surface area contributed by atoms with Crippen LogP contribution in [0.3, 0.4) is 0 Å². The number of halogens is 2. The molecule has 0 bridgehead atoms. The summed E-state index contributed by atoms with van der Waals surface area (Å²) in [6.45, 7) is 0. The average molecular weight is 270 g/mol. The van der Waals surface area contributed by atoms with Crippen LogP contribution >= 0.6 is 0 Å². The van der Waals surface area contributed by atoms with Gasteiger partial charge in [-0.15, -0.1) is 10.2 Å². The molecule has 0 spiro atoms. The summed E-state index contributed by atoms with van der Waals surface area (Å²) in [6.07, 6.45) is 2.01. The number of pyridine rings is 1. The molecule has 20 heavy (non-hydrogen) atoms. The van der Waals surface area contributed by atoms with Crippen LogP contribution in [0.25, 0.3) is 5.65 Å². The summed E-state index contributed by atoms with van der Waals surface area (Å²) in [5.41, 5.74) is 1.63. The fraction of sp³-hybridized carbons (Fsp3) is 0.0714. The number of fused-ring (bicyclic) bond motifs is 1. The lowest BCUT2D eigenvalue weighted by molar-refractivity contribution is 0.507. The van der Waals surface area contributed by atoms with Crippen LogP contribution in [0.5, 0.6) is 0 Å². The first-order chi connectivity index (χ1) is 9.67. The predicted octanol–water partition coefficient (Wildman–Crippen LogP) is 2.47. The van der Waals surface area contributed by atoms with Crippen molar-refractivity contribution in [3.63, 3.8) is 0 Å². The maximum atomic E-state index is 13.2. The molecular weight excluding hydrogens is 262 g/mol. The minimum absolute atomic E-state index is 0.324. The Labute approximate surface area is 112 Å². The molecule has 0 atom stereocenters. The van der Waals surface area contributed by atoms with Crippen molar-refractivity contribution in [3.8, 4) is 6.07 Å². The first-order valence-corrected chi connectivity index (χ1v) is 5.85. The van der Waals surface area contributed by atoms with Crippen LogP contribution in [0, 0.1) is 23.0 Å². The molecule has 0 saturated heterocycles. The standard InChI is InChI=1S/C14H8F2N4/c15-11-2-1-9(5-12(11)16)6-13-18-19-14-7-10(8-17)3-4-20(13)14/h1-5,7H,6H2. The highest BCUT2D eigenvalue weighted by molar-refractivity contribution is 5.45. The third-order valence-electron chi connectivity index (χ3n) is 2.96. The smallest absolute Gasteiger partial charge is 0.162 e. The van der Waals surface area contributed by atoms with Gasteiger partial charge in [0.05, 0.1) is 11.6 Å². The van der Waals surface area contributed by atoms with Crippen LogP contribution in [0.4, 0.5) is 8.78 Å². The van der Waals surface area contributed by atoms with E-state index in [1.54, 1.807) is 22.7 Å². The summed E-state index contributed by atoms with van der Waals surface area (Å²) in [5, 5.41) is 16.8. The molecule has 2 heterocycles. The molecule has 0 aliphatic rings. The van der Waals surface area contributed by atoms with Crippen molar-refractivity contribution in [3.05, 3.63) is 65.1 Å². The van der Waals surface area contributed by atoms with E-state index in [0.717, 1.165) is 12.1 Å². The lowest BCUT2D eigenvalue weighted by Crippen LogP contribution is -1.98. The molecule has 0 fully saturated rings. The highest BCUT2D eigenvalue weighted by atomic mass is 19.2. The Hall–Kier alpha value is -2.81. The van der Waals surface area contributed by atoms with E-state index in [-0.39, 0.29) is 0 Å². The van der Waals surface area contributed by atoms with Gasteiger partial charge in [0.15, 0.2) is 17.3 Å². The van der Waals surface area contributed by atoms with Gasteiger partial charge in [0.2, 0.25) is 0 Å². The summed E-state index contributed by atoms with van der Waals surface area (Å²) < 4.78 is 27.8. The number of nitriles is 1. The van der Waals surface area contributed by atoms with Crippen molar-refractivity contribution in [2.24, 2.45) is 0 Å². The number of rotatable bonds is 2. The molecule has 0 N–H and O–H groups in total. The predicted molar refractivity (Wildman–Crippen MR) is 66.9 cm³/mol. The molecule has 4 nitrogen and oxygen atoms in total. The van der Waals surface area contributed by atoms with E-state index in [2.05, 4.69) is 10.2 Å². The summed E-state index contributed by atoms with van der Waals surface area (Å²) in [6, 6.07) is 9.00. The fourth-order valence-corrected chi connectivity index (χ4v) is 1.96. The maximum absolute atomic E-state index is 13.2. The molecule has 1 aromatic carbocycles. The Morgan fingerprint density at radius 3 is 2.70 bits per heavy atom. The zero-order valence-electron chi connectivity index (χ0n) is 10.2. The van der Waals surface area contributed by atoms with Gasteiger partial charge < -0.3 is 0 Å². The maximum Gasteiger partial charge on any atom is 0.162 e. The van der Waals surface area contributed by atoms with E-state index < -0.39 is 11.6 Å². The second-order valence-electron chi connectivity index (χ2n) is 4.30. The number of nitrogens with zero attached hydrogens (tertiary/aromatic N) is 4. The van der Waals surface area contributed by atoms with Crippen molar-refractivity contribution in [2.75, 3.05) is 0 Å². The van der Waals surface area contributed by atoms with Crippen molar-refractivity contribution in [1.29, 1.82) is 5.26 Å². The molecule has 6 heteroatoms. The quantitative estimate of drug-likeness (QED) is 0.718. The van der Waals surface area contributed by atoms with E-state index in [1.807, 2.05) is 6.07 Å². The van der Waals surface area contributed by atoms with Gasteiger partial charge in [-0.25, -0.2) is 8.78 Å². The van der Waals surface area contributed by atoms with E-state index in [0.29, 0.717) is 29.0 Å². The van der Waals surface area contributed by atoms with Crippen LogP contribution in [0.15, 0.2) is 36.5 Å². The Bertz CT molecular complexity index is 833. The second kappa shape index (κ2) is 4.70. The number of hydrogen-bond donors (Lipinski definition) is 0. The summed E-state index contributed by atoms with van der Waals surface area (Å²) >= 11 is 0. The first-order valence-electron chi connectivity index (χ1n) is 5.85. The number of aromatic nitrogens is 3. The summed E-state index contributed by atoms with van der Waals surface area (Å²) in [7, 11) is 0. The van der Waals surface area contributed by atoms with Crippen LogP contribution in [0.1, 0.15) is 17.0 Å². The Morgan fingerprint density at radius 2 is 1.95 bits per heavy atom. The van der Waals surface area contributed by atoms with Gasteiger partial charge in [0.1, 0.15) is 5.82 Å². The van der Waals surface area contributed by atoms with Crippen molar-refractivity contribution in [2.45, 2.75) is 6.42 Å². The number of benzene rings is 1. The molecular formula is C14H8F2N4. The largest absolute Gasteiger partial charge is 0.286 e. The molecule has 0 radical (unpaired) electrons. The van der Waals surface area contributed by atoms with E-state index in [4.69, 9.17) is 5.26 Å². The molecule has 0 amide bonds. The number of hydrogen-bond acceptors (Lipinski definition) is 3. The van der Waals surface area contributed by atoms with Gasteiger partial charge >= 0.3 is 0 Å². The molecule has 2 aromatic heterocycles. The summed E-state index contributed by atoms with van der Waals surface area (Å²) in [4.78, 5) is 0. The van der Waals surface area contributed by atoms with Crippen LogP contribution in [-0.4, -0.2) is 14.6 Å². The van der Waals surface area contributed by atoms with Gasteiger partial charge in [0.25, 0.3) is 0 Å². The van der Waals surface area contributed by atoms with E-state index >= 15 is 0 Å². The van der Waals surface area contributed by atoms with Gasteiger partial charge in [-0.1, -0.05) is 6.07 Å². The Morgan fingerprint density at radius 1 is 1.10 bits per heavy atom. The van der Waals surface area contributed by atoms with Crippen molar-refractivity contribution < 1.29 is 8.78 Å². The molecule has 0 unspecified atom stereocenters.